The number of rotatable bonds is 4. The van der Waals surface area contributed by atoms with Gasteiger partial charge in [-0.1, -0.05) is 0 Å². The molecule has 2 heterocycles. The molecule has 18 heavy (non-hydrogen) atoms. The van der Waals surface area contributed by atoms with Gasteiger partial charge in [0.1, 0.15) is 5.75 Å². The summed E-state index contributed by atoms with van der Waals surface area (Å²) in [6.45, 7) is 1.91. The van der Waals surface area contributed by atoms with Crippen LogP contribution in [0.5, 0.6) is 5.75 Å². The molecule has 2 aromatic rings. The minimum absolute atomic E-state index is 0.0759. The van der Waals surface area contributed by atoms with Crippen LogP contribution in [0.15, 0.2) is 15.9 Å². The maximum atomic E-state index is 12.1. The number of ketones is 1. The maximum absolute atomic E-state index is 12.1. The molecule has 6 heteroatoms. The SMILES string of the molecule is COc1csc(C(=O)Cc2c(Br)c(C)nn2C)c1. The average molecular weight is 329 g/mol. The van der Waals surface area contributed by atoms with E-state index in [1.807, 2.05) is 19.4 Å². The van der Waals surface area contributed by atoms with Crippen LogP contribution in [0.4, 0.5) is 0 Å². The summed E-state index contributed by atoms with van der Waals surface area (Å²) in [4.78, 5) is 12.9. The number of thiophene rings is 1. The second kappa shape index (κ2) is 5.24. The van der Waals surface area contributed by atoms with Gasteiger partial charge < -0.3 is 4.74 Å². The monoisotopic (exact) mass is 328 g/mol. The minimum Gasteiger partial charge on any atom is -0.496 e. The molecule has 0 unspecified atom stereocenters. The second-order valence-corrected chi connectivity index (χ2v) is 5.62. The van der Waals surface area contributed by atoms with Crippen molar-refractivity contribution in [2.24, 2.45) is 7.05 Å². The first-order chi connectivity index (χ1) is 8.52. The number of ether oxygens (including phenoxy) is 1. The lowest BCUT2D eigenvalue weighted by Gasteiger charge is -2.01. The number of hydrogen-bond donors (Lipinski definition) is 0. The number of nitrogens with zero attached hydrogens (tertiary/aromatic N) is 2. The van der Waals surface area contributed by atoms with Gasteiger partial charge in [-0.2, -0.15) is 5.10 Å². The summed E-state index contributed by atoms with van der Waals surface area (Å²) in [5.41, 5.74) is 1.79. The van der Waals surface area contributed by atoms with Gasteiger partial charge in [-0.3, -0.25) is 9.48 Å². The van der Waals surface area contributed by atoms with Gasteiger partial charge in [-0.05, 0) is 22.9 Å². The molecule has 0 atom stereocenters. The number of aromatic nitrogens is 2. The number of Topliss-reactive ketones (excluding diaryl/α,β-unsaturated/α-hetero) is 1. The summed E-state index contributed by atoms with van der Waals surface area (Å²) < 4.78 is 7.72. The molecule has 0 aromatic carbocycles. The quantitative estimate of drug-likeness (QED) is 0.810. The number of carbonyl (C=O) groups excluding carboxylic acids is 1. The Morgan fingerprint density at radius 2 is 2.33 bits per heavy atom. The summed E-state index contributed by atoms with van der Waals surface area (Å²) in [7, 11) is 3.44. The molecule has 2 aromatic heterocycles. The van der Waals surface area contributed by atoms with E-state index in [0.717, 1.165) is 21.6 Å². The summed E-state index contributed by atoms with van der Waals surface area (Å²) in [6, 6.07) is 1.77. The normalized spacial score (nSPS) is 10.7. The van der Waals surface area contributed by atoms with Crippen LogP contribution >= 0.6 is 27.3 Å². The highest BCUT2D eigenvalue weighted by molar-refractivity contribution is 9.10. The molecular weight excluding hydrogens is 316 g/mol. The number of methoxy groups -OCH3 is 1. The van der Waals surface area contributed by atoms with E-state index in [9.17, 15) is 4.79 Å². The van der Waals surface area contributed by atoms with Crippen molar-refractivity contribution in [1.29, 1.82) is 0 Å². The molecule has 0 radical (unpaired) electrons. The Morgan fingerprint density at radius 3 is 2.83 bits per heavy atom. The first kappa shape index (κ1) is 13.3. The summed E-state index contributed by atoms with van der Waals surface area (Å²) >= 11 is 4.86. The third kappa shape index (κ3) is 2.49. The van der Waals surface area contributed by atoms with E-state index in [-0.39, 0.29) is 5.78 Å². The lowest BCUT2D eigenvalue weighted by Crippen LogP contribution is -2.07. The van der Waals surface area contributed by atoms with Gasteiger partial charge in [0.2, 0.25) is 0 Å². The Labute approximate surface area is 118 Å². The predicted octanol–water partition coefficient (Wildman–Crippen LogP) is 2.99. The maximum Gasteiger partial charge on any atom is 0.178 e. The molecule has 96 valence electrons. The molecule has 0 saturated heterocycles. The van der Waals surface area contributed by atoms with Crippen molar-refractivity contribution >= 4 is 33.0 Å². The highest BCUT2D eigenvalue weighted by atomic mass is 79.9. The summed E-state index contributed by atoms with van der Waals surface area (Å²) in [6.07, 6.45) is 0.335. The molecule has 0 aliphatic heterocycles. The largest absolute Gasteiger partial charge is 0.496 e. The number of carbonyl (C=O) groups is 1. The predicted molar refractivity (Wildman–Crippen MR) is 74.6 cm³/mol. The van der Waals surface area contributed by atoms with Crippen molar-refractivity contribution in [2.75, 3.05) is 7.11 Å². The van der Waals surface area contributed by atoms with Crippen molar-refractivity contribution in [3.8, 4) is 5.75 Å². The van der Waals surface area contributed by atoms with Crippen LogP contribution in [-0.2, 0) is 13.5 Å². The zero-order valence-electron chi connectivity index (χ0n) is 10.4. The Balaban J connectivity index is 2.21. The third-order valence-corrected chi connectivity index (χ3v) is 4.66. The highest BCUT2D eigenvalue weighted by Crippen LogP contribution is 2.25. The van der Waals surface area contributed by atoms with E-state index in [1.54, 1.807) is 17.9 Å². The number of hydrogen-bond acceptors (Lipinski definition) is 4. The average Bonchev–Trinajstić information content (AvgIpc) is 2.90. The molecule has 0 N–H and O–H groups in total. The first-order valence-corrected chi connectivity index (χ1v) is 7.04. The molecule has 0 spiro atoms. The van der Waals surface area contributed by atoms with E-state index < -0.39 is 0 Å². The fourth-order valence-corrected chi connectivity index (χ4v) is 2.95. The van der Waals surface area contributed by atoms with Crippen LogP contribution in [0.3, 0.4) is 0 Å². The lowest BCUT2D eigenvalue weighted by molar-refractivity contribution is 0.0994. The van der Waals surface area contributed by atoms with E-state index in [1.165, 1.54) is 11.3 Å². The van der Waals surface area contributed by atoms with Gasteiger partial charge in [-0.15, -0.1) is 11.3 Å². The molecule has 4 nitrogen and oxygen atoms in total. The topological polar surface area (TPSA) is 44.1 Å². The molecule has 2 rings (SSSR count). The lowest BCUT2D eigenvalue weighted by atomic mass is 10.2. The van der Waals surface area contributed by atoms with E-state index in [2.05, 4.69) is 21.0 Å². The van der Waals surface area contributed by atoms with Crippen molar-refractivity contribution in [3.05, 3.63) is 32.2 Å². The zero-order chi connectivity index (χ0) is 13.3. The van der Waals surface area contributed by atoms with Crippen LogP contribution in [0.1, 0.15) is 21.1 Å². The van der Waals surface area contributed by atoms with Crippen LogP contribution in [-0.4, -0.2) is 22.7 Å². The van der Waals surface area contributed by atoms with Crippen LogP contribution in [0.25, 0.3) is 0 Å². The number of halogens is 1. The summed E-state index contributed by atoms with van der Waals surface area (Å²) in [5.74, 6) is 0.801. The van der Waals surface area contributed by atoms with Gasteiger partial charge >= 0.3 is 0 Å². The van der Waals surface area contributed by atoms with Gasteiger partial charge in [0.25, 0.3) is 0 Å². The molecule has 0 fully saturated rings. The Bertz CT molecular complexity index is 589. The smallest absolute Gasteiger partial charge is 0.178 e. The van der Waals surface area contributed by atoms with E-state index in [4.69, 9.17) is 4.74 Å². The highest BCUT2D eigenvalue weighted by Gasteiger charge is 2.17. The van der Waals surface area contributed by atoms with Crippen LogP contribution in [0.2, 0.25) is 0 Å². The van der Waals surface area contributed by atoms with Crippen molar-refractivity contribution < 1.29 is 9.53 Å². The molecule has 0 bridgehead atoms. The molecular formula is C12H13BrN2O2S. The third-order valence-electron chi connectivity index (χ3n) is 2.68. The van der Waals surface area contributed by atoms with Crippen molar-refractivity contribution in [2.45, 2.75) is 13.3 Å². The fraction of sp³-hybridized carbons (Fsp3) is 0.333. The summed E-state index contributed by atoms with van der Waals surface area (Å²) in [5, 5.41) is 6.11. The number of aryl methyl sites for hydroxylation is 2. The van der Waals surface area contributed by atoms with E-state index in [0.29, 0.717) is 11.3 Å². The van der Waals surface area contributed by atoms with Crippen molar-refractivity contribution in [1.82, 2.24) is 9.78 Å². The Morgan fingerprint density at radius 1 is 1.61 bits per heavy atom. The Hall–Kier alpha value is -1.14. The minimum atomic E-state index is 0.0759. The Kier molecular flexibility index (Phi) is 3.87. The molecule has 0 aliphatic rings. The van der Waals surface area contributed by atoms with Gasteiger partial charge in [0, 0.05) is 18.5 Å². The van der Waals surface area contributed by atoms with Crippen LogP contribution < -0.4 is 4.74 Å². The van der Waals surface area contributed by atoms with Crippen LogP contribution in [0, 0.1) is 6.92 Å². The van der Waals surface area contributed by atoms with Gasteiger partial charge in [0.05, 0.1) is 34.3 Å². The second-order valence-electron chi connectivity index (χ2n) is 3.92. The molecule has 0 aliphatic carbocycles. The fourth-order valence-electron chi connectivity index (χ4n) is 1.68. The van der Waals surface area contributed by atoms with E-state index >= 15 is 0 Å². The van der Waals surface area contributed by atoms with Crippen molar-refractivity contribution in [3.63, 3.8) is 0 Å². The van der Waals surface area contributed by atoms with Gasteiger partial charge in [0.15, 0.2) is 5.78 Å². The molecule has 0 amide bonds. The molecule has 0 saturated carbocycles. The zero-order valence-corrected chi connectivity index (χ0v) is 12.8. The first-order valence-electron chi connectivity index (χ1n) is 5.36. The standard InChI is InChI=1S/C12H13BrN2O2S/c1-7-12(13)9(15(2)14-7)5-10(16)11-4-8(17-3)6-18-11/h4,6H,5H2,1-3H3. The van der Waals surface area contributed by atoms with Gasteiger partial charge in [-0.25, -0.2) is 0 Å².